The lowest BCUT2D eigenvalue weighted by Gasteiger charge is -2.34. The van der Waals surface area contributed by atoms with Gasteiger partial charge in [-0.25, -0.2) is 15.0 Å². The van der Waals surface area contributed by atoms with Crippen LogP contribution in [-0.4, -0.2) is 15.0 Å². The second-order valence-electron chi connectivity index (χ2n) is 13.9. The fraction of sp³-hybridized carbons (Fsp3) is 0.0196. The van der Waals surface area contributed by atoms with E-state index >= 15 is 0 Å². The monoisotopic (exact) mass is 700 g/mol. The van der Waals surface area contributed by atoms with Crippen molar-refractivity contribution in [3.05, 3.63) is 222 Å². The summed E-state index contributed by atoms with van der Waals surface area (Å²) in [6, 6.07) is 69.9. The van der Waals surface area contributed by atoms with Crippen LogP contribution in [0.2, 0.25) is 0 Å². The predicted octanol–water partition coefficient (Wildman–Crippen LogP) is 11.9. The average molecular weight is 701 g/mol. The molecule has 8 aromatic carbocycles. The van der Waals surface area contributed by atoms with Gasteiger partial charge in [0.1, 0.15) is 0 Å². The largest absolute Gasteiger partial charge is 0.208 e. The summed E-state index contributed by atoms with van der Waals surface area (Å²) < 4.78 is 0. The lowest BCUT2D eigenvalue weighted by atomic mass is 9.67. The molecule has 0 spiro atoms. The molecule has 0 aliphatic heterocycles. The number of nitrogens with zero attached hydrogens (tertiary/aromatic N) is 4. The second kappa shape index (κ2) is 13.2. The van der Waals surface area contributed by atoms with Crippen LogP contribution in [0.5, 0.6) is 0 Å². The zero-order valence-corrected chi connectivity index (χ0v) is 29.8. The lowest BCUT2D eigenvalue weighted by molar-refractivity contribution is 0.769. The number of fused-ring (bicyclic) bond motifs is 5. The maximum atomic E-state index is 9.50. The van der Waals surface area contributed by atoms with E-state index in [1.54, 1.807) is 0 Å². The number of hydrogen-bond acceptors (Lipinski definition) is 4. The Labute approximate surface area is 319 Å². The van der Waals surface area contributed by atoms with Gasteiger partial charge in [0, 0.05) is 16.7 Å². The quantitative estimate of drug-likeness (QED) is 0.173. The molecule has 0 N–H and O–H groups in total. The van der Waals surface area contributed by atoms with E-state index in [0.717, 1.165) is 44.2 Å². The van der Waals surface area contributed by atoms with Gasteiger partial charge in [0.25, 0.3) is 0 Å². The van der Waals surface area contributed by atoms with Crippen LogP contribution in [0.25, 0.3) is 67.2 Å². The number of nitriles is 1. The highest BCUT2D eigenvalue weighted by Gasteiger charge is 2.47. The molecule has 1 unspecified atom stereocenters. The van der Waals surface area contributed by atoms with E-state index in [1.807, 2.05) is 84.9 Å². The number of rotatable bonds is 6. The van der Waals surface area contributed by atoms with E-state index in [0.29, 0.717) is 23.0 Å². The summed E-state index contributed by atoms with van der Waals surface area (Å²) in [6.45, 7) is 0. The Kier molecular flexibility index (Phi) is 7.71. The maximum absolute atomic E-state index is 9.50. The number of aromatic nitrogens is 3. The van der Waals surface area contributed by atoms with Crippen LogP contribution in [-0.2, 0) is 5.41 Å². The number of hydrogen-bond donors (Lipinski definition) is 0. The van der Waals surface area contributed by atoms with Crippen molar-refractivity contribution < 1.29 is 0 Å². The number of benzene rings is 8. The van der Waals surface area contributed by atoms with Crippen LogP contribution in [0, 0.1) is 11.3 Å². The van der Waals surface area contributed by atoms with Gasteiger partial charge in [0.15, 0.2) is 17.5 Å². The van der Waals surface area contributed by atoms with E-state index in [4.69, 9.17) is 15.0 Å². The molecule has 1 aliphatic rings. The van der Waals surface area contributed by atoms with Crippen molar-refractivity contribution in [2.75, 3.05) is 0 Å². The molecule has 0 bridgehead atoms. The minimum Gasteiger partial charge on any atom is -0.208 e. The molecule has 9 aromatic rings. The van der Waals surface area contributed by atoms with Gasteiger partial charge >= 0.3 is 0 Å². The van der Waals surface area contributed by atoms with Crippen LogP contribution in [0.15, 0.2) is 194 Å². The van der Waals surface area contributed by atoms with E-state index in [2.05, 4.69) is 115 Å². The third-order valence-electron chi connectivity index (χ3n) is 10.8. The van der Waals surface area contributed by atoms with Crippen molar-refractivity contribution in [2.45, 2.75) is 5.41 Å². The third kappa shape index (κ3) is 5.25. The van der Waals surface area contributed by atoms with Crippen LogP contribution >= 0.6 is 0 Å². The van der Waals surface area contributed by atoms with E-state index in [-0.39, 0.29) is 0 Å². The van der Waals surface area contributed by atoms with Crippen LogP contribution in [0.3, 0.4) is 0 Å². The first kappa shape index (κ1) is 32.2. The fourth-order valence-electron chi connectivity index (χ4n) is 8.39. The highest BCUT2D eigenvalue weighted by atomic mass is 15.0. The Morgan fingerprint density at radius 3 is 1.60 bits per heavy atom. The van der Waals surface area contributed by atoms with Gasteiger partial charge in [-0.2, -0.15) is 5.26 Å². The van der Waals surface area contributed by atoms with Crippen molar-refractivity contribution >= 4 is 10.8 Å². The molecular formula is C51H32N4. The standard InChI is InChI=1S/C51H32N4/c52-33-34-27-29-35(30-28-34)38-19-14-22-40(31-38)51(39-20-8-3-9-21-39)45-26-13-12-25-43(45)47-42-24-11-10-23-41(42)44(32-46(47)51)50-54-48(36-15-4-1-5-16-36)53-49(55-50)37-17-6-2-7-18-37/h1-32H. The van der Waals surface area contributed by atoms with Crippen molar-refractivity contribution in [3.63, 3.8) is 0 Å². The summed E-state index contributed by atoms with van der Waals surface area (Å²) in [4.78, 5) is 15.5. The van der Waals surface area contributed by atoms with Crippen LogP contribution < -0.4 is 0 Å². The zero-order valence-electron chi connectivity index (χ0n) is 29.8. The molecule has 1 aliphatic carbocycles. The summed E-state index contributed by atoms with van der Waals surface area (Å²) in [5.41, 5.74) is 12.1. The third-order valence-corrected chi connectivity index (χ3v) is 10.8. The second-order valence-corrected chi connectivity index (χ2v) is 13.9. The molecule has 1 heterocycles. The highest BCUT2D eigenvalue weighted by Crippen LogP contribution is 2.59. The van der Waals surface area contributed by atoms with Gasteiger partial charge in [-0.1, -0.05) is 170 Å². The molecule has 0 radical (unpaired) electrons. The van der Waals surface area contributed by atoms with E-state index in [9.17, 15) is 5.26 Å². The predicted molar refractivity (Wildman–Crippen MR) is 221 cm³/mol. The first-order chi connectivity index (χ1) is 27.2. The van der Waals surface area contributed by atoms with Gasteiger partial charge in [-0.15, -0.1) is 0 Å². The van der Waals surface area contributed by atoms with Gasteiger partial charge in [0.05, 0.1) is 17.0 Å². The van der Waals surface area contributed by atoms with Crippen molar-refractivity contribution in [2.24, 2.45) is 0 Å². The van der Waals surface area contributed by atoms with E-state index < -0.39 is 5.41 Å². The van der Waals surface area contributed by atoms with Crippen molar-refractivity contribution in [1.29, 1.82) is 5.26 Å². The van der Waals surface area contributed by atoms with Gasteiger partial charge in [0.2, 0.25) is 0 Å². The smallest absolute Gasteiger partial charge is 0.164 e. The summed E-state index contributed by atoms with van der Waals surface area (Å²) >= 11 is 0. The summed E-state index contributed by atoms with van der Waals surface area (Å²) in [5, 5.41) is 11.7. The Bertz CT molecular complexity index is 2860. The SMILES string of the molecule is N#Cc1ccc(-c2cccc(C3(c4ccccc4)c4ccccc4-c4c3cc(-c3nc(-c5ccccc5)nc(-c5ccccc5)n3)c3ccccc43)c2)cc1. The molecule has 4 heteroatoms. The van der Waals surface area contributed by atoms with Crippen molar-refractivity contribution in [1.82, 2.24) is 15.0 Å². The molecule has 4 nitrogen and oxygen atoms in total. The van der Waals surface area contributed by atoms with E-state index in [1.165, 1.54) is 27.8 Å². The molecule has 0 saturated heterocycles. The molecule has 256 valence electrons. The Morgan fingerprint density at radius 1 is 0.382 bits per heavy atom. The van der Waals surface area contributed by atoms with Crippen LogP contribution in [0.4, 0.5) is 0 Å². The summed E-state index contributed by atoms with van der Waals surface area (Å²) in [5.74, 6) is 1.87. The average Bonchev–Trinajstić information content (AvgIpc) is 3.58. The minimum absolute atomic E-state index is 0.621. The molecule has 1 aromatic heterocycles. The lowest BCUT2D eigenvalue weighted by Crippen LogP contribution is -2.28. The maximum Gasteiger partial charge on any atom is 0.164 e. The Hall–Kier alpha value is -7.48. The first-order valence-electron chi connectivity index (χ1n) is 18.4. The molecule has 0 saturated carbocycles. The van der Waals surface area contributed by atoms with Gasteiger partial charge < -0.3 is 0 Å². The zero-order chi connectivity index (χ0) is 36.8. The molecule has 0 amide bonds. The normalized spacial score (nSPS) is 14.2. The summed E-state index contributed by atoms with van der Waals surface area (Å²) in [7, 11) is 0. The Balaban J connectivity index is 1.31. The fourth-order valence-corrected chi connectivity index (χ4v) is 8.39. The molecular weight excluding hydrogens is 669 g/mol. The Morgan fingerprint density at radius 2 is 0.927 bits per heavy atom. The molecule has 10 rings (SSSR count). The van der Waals surface area contributed by atoms with Crippen LogP contribution in [0.1, 0.15) is 27.8 Å². The molecule has 0 fully saturated rings. The minimum atomic E-state index is -0.674. The van der Waals surface area contributed by atoms with Gasteiger partial charge in [-0.3, -0.25) is 0 Å². The topological polar surface area (TPSA) is 62.5 Å². The van der Waals surface area contributed by atoms with Crippen molar-refractivity contribution in [3.8, 4) is 62.5 Å². The molecule has 1 atom stereocenters. The van der Waals surface area contributed by atoms with Gasteiger partial charge in [-0.05, 0) is 79.5 Å². The summed E-state index contributed by atoms with van der Waals surface area (Å²) in [6.07, 6.45) is 0. The highest BCUT2D eigenvalue weighted by molar-refractivity contribution is 6.09. The molecule has 55 heavy (non-hydrogen) atoms. The first-order valence-corrected chi connectivity index (χ1v) is 18.4.